The van der Waals surface area contributed by atoms with E-state index in [9.17, 15) is 4.79 Å². The van der Waals surface area contributed by atoms with E-state index in [2.05, 4.69) is 15.1 Å². The first kappa shape index (κ1) is 7.31. The second-order valence-electron chi connectivity index (χ2n) is 3.08. The molecule has 0 radical (unpaired) electrons. The Hall–Kier alpha value is -2.11. The SMILES string of the molecule is Cn1c(=O)n2ncnc2c2cc[nH]c21. The maximum absolute atomic E-state index is 11.7. The van der Waals surface area contributed by atoms with Crippen LogP contribution in [0.25, 0.3) is 16.7 Å². The molecule has 0 aliphatic carbocycles. The first-order valence-electron chi connectivity index (χ1n) is 4.15. The Bertz CT molecular complexity index is 674. The van der Waals surface area contributed by atoms with E-state index in [0.717, 1.165) is 11.0 Å². The fraction of sp³-hybridized carbons (Fsp3) is 0.125. The summed E-state index contributed by atoms with van der Waals surface area (Å²) in [7, 11) is 1.70. The normalized spacial score (nSPS) is 11.5. The van der Waals surface area contributed by atoms with Crippen LogP contribution in [0.4, 0.5) is 0 Å². The summed E-state index contributed by atoms with van der Waals surface area (Å²) < 4.78 is 2.80. The van der Waals surface area contributed by atoms with Gasteiger partial charge in [0.2, 0.25) is 0 Å². The van der Waals surface area contributed by atoms with Crippen molar-refractivity contribution in [2.45, 2.75) is 0 Å². The number of aromatic nitrogens is 5. The lowest BCUT2D eigenvalue weighted by atomic mass is 10.4. The van der Waals surface area contributed by atoms with E-state index in [1.54, 1.807) is 13.2 Å². The maximum Gasteiger partial charge on any atom is 0.352 e. The predicted molar refractivity (Wildman–Crippen MR) is 50.1 cm³/mol. The van der Waals surface area contributed by atoms with Crippen molar-refractivity contribution in [3.05, 3.63) is 29.1 Å². The number of nitrogens with one attached hydrogen (secondary N) is 1. The van der Waals surface area contributed by atoms with Gasteiger partial charge in [-0.05, 0) is 6.07 Å². The monoisotopic (exact) mass is 189 g/mol. The number of hydrogen-bond acceptors (Lipinski definition) is 3. The molecule has 70 valence electrons. The lowest BCUT2D eigenvalue weighted by Crippen LogP contribution is -2.25. The fourth-order valence-corrected chi connectivity index (χ4v) is 1.62. The number of aromatic amines is 1. The topological polar surface area (TPSA) is 68.0 Å². The molecular weight excluding hydrogens is 182 g/mol. The van der Waals surface area contributed by atoms with Gasteiger partial charge in [0.15, 0.2) is 5.65 Å². The average Bonchev–Trinajstić information content (AvgIpc) is 2.80. The molecule has 3 rings (SSSR count). The Labute approximate surface area is 77.8 Å². The Kier molecular flexibility index (Phi) is 1.16. The van der Waals surface area contributed by atoms with Crippen molar-refractivity contribution < 1.29 is 0 Å². The molecular formula is C8H7N5O. The van der Waals surface area contributed by atoms with E-state index in [0.29, 0.717) is 5.65 Å². The zero-order chi connectivity index (χ0) is 9.71. The maximum atomic E-state index is 11.7. The summed E-state index contributed by atoms with van der Waals surface area (Å²) in [6.45, 7) is 0. The number of fused-ring (bicyclic) bond motifs is 3. The van der Waals surface area contributed by atoms with Crippen molar-refractivity contribution in [3.63, 3.8) is 0 Å². The Morgan fingerprint density at radius 1 is 1.50 bits per heavy atom. The molecule has 0 saturated heterocycles. The first-order chi connectivity index (χ1) is 6.79. The molecule has 3 aromatic heterocycles. The lowest BCUT2D eigenvalue weighted by Gasteiger charge is -2.00. The van der Waals surface area contributed by atoms with Gasteiger partial charge in [-0.3, -0.25) is 4.57 Å². The van der Waals surface area contributed by atoms with Crippen LogP contribution in [0.1, 0.15) is 0 Å². The zero-order valence-electron chi connectivity index (χ0n) is 7.43. The highest BCUT2D eigenvalue weighted by Gasteiger charge is 2.09. The molecule has 3 aromatic rings. The van der Waals surface area contributed by atoms with Crippen molar-refractivity contribution >= 4 is 16.7 Å². The van der Waals surface area contributed by atoms with E-state index in [4.69, 9.17) is 0 Å². The van der Waals surface area contributed by atoms with Crippen LogP contribution in [0, 0.1) is 0 Å². The summed E-state index contributed by atoms with van der Waals surface area (Å²) in [6, 6.07) is 1.87. The number of rotatable bonds is 0. The quantitative estimate of drug-likeness (QED) is 0.537. The van der Waals surface area contributed by atoms with Gasteiger partial charge >= 0.3 is 5.69 Å². The minimum atomic E-state index is -0.201. The van der Waals surface area contributed by atoms with Gasteiger partial charge < -0.3 is 4.98 Å². The van der Waals surface area contributed by atoms with Crippen LogP contribution in [-0.2, 0) is 7.05 Å². The molecule has 3 heterocycles. The summed E-state index contributed by atoms with van der Waals surface area (Å²) in [4.78, 5) is 18.7. The second-order valence-corrected chi connectivity index (χ2v) is 3.08. The van der Waals surface area contributed by atoms with Crippen LogP contribution < -0.4 is 5.69 Å². The van der Waals surface area contributed by atoms with Gasteiger partial charge in [0, 0.05) is 13.2 Å². The lowest BCUT2D eigenvalue weighted by molar-refractivity contribution is 0.766. The van der Waals surface area contributed by atoms with Gasteiger partial charge in [-0.15, -0.1) is 0 Å². The van der Waals surface area contributed by atoms with Gasteiger partial charge in [-0.2, -0.15) is 9.61 Å². The summed E-state index contributed by atoms with van der Waals surface area (Å²) in [5.41, 5.74) is 1.15. The summed E-state index contributed by atoms with van der Waals surface area (Å²) in [5, 5.41) is 4.76. The van der Waals surface area contributed by atoms with Crippen LogP contribution in [-0.4, -0.2) is 24.1 Å². The molecule has 6 nitrogen and oxygen atoms in total. The van der Waals surface area contributed by atoms with Crippen LogP contribution in [0.5, 0.6) is 0 Å². The number of hydrogen-bond donors (Lipinski definition) is 1. The van der Waals surface area contributed by atoms with Gasteiger partial charge in [0.05, 0.1) is 5.39 Å². The summed E-state index contributed by atoms with van der Waals surface area (Å²) >= 11 is 0. The first-order valence-corrected chi connectivity index (χ1v) is 4.15. The molecule has 1 N–H and O–H groups in total. The van der Waals surface area contributed by atoms with Crippen molar-refractivity contribution in [3.8, 4) is 0 Å². The van der Waals surface area contributed by atoms with E-state index in [-0.39, 0.29) is 5.69 Å². The molecule has 0 unspecified atom stereocenters. The minimum absolute atomic E-state index is 0.201. The van der Waals surface area contributed by atoms with Gasteiger partial charge in [0.25, 0.3) is 0 Å². The predicted octanol–water partition coefficient (Wildman–Crippen LogP) is -0.0907. The summed E-state index contributed by atoms with van der Waals surface area (Å²) in [5.74, 6) is 0. The van der Waals surface area contributed by atoms with Crippen LogP contribution in [0.15, 0.2) is 23.4 Å². The third kappa shape index (κ3) is 0.681. The molecule has 0 aliphatic rings. The van der Waals surface area contributed by atoms with Crippen LogP contribution >= 0.6 is 0 Å². The van der Waals surface area contributed by atoms with Crippen molar-refractivity contribution in [2.75, 3.05) is 0 Å². The molecule has 0 bridgehead atoms. The highest BCUT2D eigenvalue weighted by atomic mass is 16.2. The number of aryl methyl sites for hydroxylation is 1. The van der Waals surface area contributed by atoms with E-state index in [1.165, 1.54) is 15.4 Å². The highest BCUT2D eigenvalue weighted by molar-refractivity contribution is 5.89. The largest absolute Gasteiger partial charge is 0.352 e. The molecule has 0 atom stereocenters. The second kappa shape index (κ2) is 2.22. The molecule has 0 amide bonds. The number of nitrogens with zero attached hydrogens (tertiary/aromatic N) is 4. The van der Waals surface area contributed by atoms with Crippen molar-refractivity contribution in [2.24, 2.45) is 7.05 Å². The summed E-state index contributed by atoms with van der Waals surface area (Å²) in [6.07, 6.45) is 3.15. The van der Waals surface area contributed by atoms with E-state index in [1.807, 2.05) is 6.07 Å². The molecule has 6 heteroatoms. The fourth-order valence-electron chi connectivity index (χ4n) is 1.62. The molecule has 0 aromatic carbocycles. The van der Waals surface area contributed by atoms with Gasteiger partial charge in [-0.25, -0.2) is 9.78 Å². The van der Waals surface area contributed by atoms with E-state index >= 15 is 0 Å². The Balaban J connectivity index is 2.81. The van der Waals surface area contributed by atoms with Crippen molar-refractivity contribution in [1.82, 2.24) is 24.1 Å². The Morgan fingerprint density at radius 3 is 3.21 bits per heavy atom. The average molecular weight is 189 g/mol. The molecule has 14 heavy (non-hydrogen) atoms. The third-order valence-corrected chi connectivity index (χ3v) is 2.32. The highest BCUT2D eigenvalue weighted by Crippen LogP contribution is 2.12. The molecule has 0 saturated carbocycles. The molecule has 0 aliphatic heterocycles. The van der Waals surface area contributed by atoms with Crippen LogP contribution in [0.3, 0.4) is 0 Å². The minimum Gasteiger partial charge on any atom is -0.347 e. The Morgan fingerprint density at radius 2 is 2.36 bits per heavy atom. The standard InChI is InChI=1S/C8H7N5O/c1-12-6-5(2-3-9-6)7-10-4-11-13(7)8(12)14/h2-4,9H,1H3. The number of H-pyrrole nitrogens is 1. The van der Waals surface area contributed by atoms with E-state index < -0.39 is 0 Å². The molecule has 0 fully saturated rings. The van der Waals surface area contributed by atoms with Crippen LogP contribution in [0.2, 0.25) is 0 Å². The van der Waals surface area contributed by atoms with Gasteiger partial charge in [0.1, 0.15) is 12.0 Å². The smallest absolute Gasteiger partial charge is 0.347 e. The third-order valence-electron chi connectivity index (χ3n) is 2.32. The molecule has 0 spiro atoms. The zero-order valence-corrected chi connectivity index (χ0v) is 7.43. The van der Waals surface area contributed by atoms with Crippen molar-refractivity contribution in [1.29, 1.82) is 0 Å². The van der Waals surface area contributed by atoms with Gasteiger partial charge in [-0.1, -0.05) is 0 Å².